The number of anilines is 1. The van der Waals surface area contributed by atoms with Crippen molar-refractivity contribution in [1.82, 2.24) is 5.32 Å². The van der Waals surface area contributed by atoms with Gasteiger partial charge in [-0.2, -0.15) is 0 Å². The number of ether oxygens (including phenoxy) is 3. The SMILES string of the molecule is COC(=O)c1sc(-c2cccc(N(C3CCNCC3)S(=O)(=O)CCc3ccccc3)c2)c(Br)c1OCC(=O)OC(C)(C)C. The molecule has 0 saturated carbocycles. The van der Waals surface area contributed by atoms with Gasteiger partial charge in [0.1, 0.15) is 5.60 Å². The van der Waals surface area contributed by atoms with Gasteiger partial charge in [0.15, 0.2) is 17.2 Å². The summed E-state index contributed by atoms with van der Waals surface area (Å²) in [4.78, 5) is 25.8. The lowest BCUT2D eigenvalue weighted by Gasteiger charge is -2.35. The Kier molecular flexibility index (Phi) is 10.9. The number of carbonyl (C=O) groups is 2. The Morgan fingerprint density at radius 2 is 1.77 bits per heavy atom. The molecule has 1 aliphatic heterocycles. The number of halogens is 1. The van der Waals surface area contributed by atoms with Gasteiger partial charge in [0, 0.05) is 6.04 Å². The van der Waals surface area contributed by atoms with E-state index in [0.717, 1.165) is 30.0 Å². The van der Waals surface area contributed by atoms with Crippen molar-refractivity contribution in [3.8, 4) is 16.2 Å². The van der Waals surface area contributed by atoms with Crippen molar-refractivity contribution in [2.24, 2.45) is 0 Å². The van der Waals surface area contributed by atoms with Gasteiger partial charge in [-0.3, -0.25) is 4.31 Å². The van der Waals surface area contributed by atoms with E-state index in [4.69, 9.17) is 14.2 Å². The number of nitrogens with one attached hydrogen (secondary N) is 1. The highest BCUT2D eigenvalue weighted by Crippen LogP contribution is 2.46. The minimum absolute atomic E-state index is 0.0248. The van der Waals surface area contributed by atoms with Crippen LogP contribution in [-0.2, 0) is 30.7 Å². The molecule has 1 saturated heterocycles. The number of piperidine rings is 1. The molecule has 1 aromatic heterocycles. The van der Waals surface area contributed by atoms with E-state index in [-0.39, 0.29) is 22.4 Å². The van der Waals surface area contributed by atoms with Crippen LogP contribution in [0.1, 0.15) is 48.8 Å². The fourth-order valence-electron chi connectivity index (χ4n) is 4.85. The Labute approximate surface area is 265 Å². The second-order valence-corrected chi connectivity index (χ2v) is 14.9. The Balaban J connectivity index is 1.69. The molecule has 12 heteroatoms. The van der Waals surface area contributed by atoms with Crippen LogP contribution in [0.3, 0.4) is 0 Å². The van der Waals surface area contributed by atoms with Gasteiger partial charge in [0.2, 0.25) is 10.0 Å². The van der Waals surface area contributed by atoms with Gasteiger partial charge in [0.25, 0.3) is 0 Å². The quantitative estimate of drug-likeness (QED) is 0.251. The predicted molar refractivity (Wildman–Crippen MR) is 172 cm³/mol. The fourth-order valence-corrected chi connectivity index (χ4v) is 8.61. The molecule has 0 bridgehead atoms. The molecule has 1 N–H and O–H groups in total. The van der Waals surface area contributed by atoms with Gasteiger partial charge in [-0.25, -0.2) is 18.0 Å². The number of benzene rings is 2. The van der Waals surface area contributed by atoms with E-state index in [2.05, 4.69) is 21.2 Å². The number of carbonyl (C=O) groups excluding carboxylic acids is 2. The molecule has 1 aliphatic rings. The minimum atomic E-state index is -3.69. The van der Waals surface area contributed by atoms with Crippen molar-refractivity contribution in [2.75, 3.05) is 36.9 Å². The summed E-state index contributed by atoms with van der Waals surface area (Å²) in [6.07, 6.45) is 1.78. The number of aryl methyl sites for hydroxylation is 1. The summed E-state index contributed by atoms with van der Waals surface area (Å²) in [6.45, 7) is 6.32. The van der Waals surface area contributed by atoms with Gasteiger partial charge in [-0.1, -0.05) is 42.5 Å². The lowest BCUT2D eigenvalue weighted by atomic mass is 10.1. The molecule has 0 unspecified atom stereocenters. The molecular weight excluding hydrogens is 656 g/mol. The zero-order valence-electron chi connectivity index (χ0n) is 24.7. The lowest BCUT2D eigenvalue weighted by Crippen LogP contribution is -2.47. The molecule has 43 heavy (non-hydrogen) atoms. The summed E-state index contributed by atoms with van der Waals surface area (Å²) in [7, 11) is -2.42. The van der Waals surface area contributed by atoms with E-state index in [0.29, 0.717) is 39.9 Å². The molecule has 4 rings (SSSR count). The molecule has 0 atom stereocenters. The summed E-state index contributed by atoms with van der Waals surface area (Å²) in [5.41, 5.74) is 1.50. The molecular formula is C31H37BrN2O7S2. The Morgan fingerprint density at radius 3 is 2.42 bits per heavy atom. The fraction of sp³-hybridized carbons (Fsp3) is 0.419. The van der Waals surface area contributed by atoms with Crippen molar-refractivity contribution in [1.29, 1.82) is 0 Å². The number of esters is 2. The third-order valence-corrected chi connectivity index (χ3v) is 10.8. The maximum atomic E-state index is 13.9. The summed E-state index contributed by atoms with van der Waals surface area (Å²) >= 11 is 4.69. The van der Waals surface area contributed by atoms with Crippen molar-refractivity contribution < 1.29 is 32.2 Å². The summed E-state index contributed by atoms with van der Waals surface area (Å²) in [6, 6.07) is 16.7. The molecule has 232 valence electrons. The van der Waals surface area contributed by atoms with Crippen LogP contribution in [-0.4, -0.2) is 64.6 Å². The van der Waals surface area contributed by atoms with Crippen molar-refractivity contribution >= 4 is 54.9 Å². The van der Waals surface area contributed by atoms with Crippen molar-refractivity contribution in [2.45, 2.75) is 51.7 Å². The largest absolute Gasteiger partial charge is 0.479 e. The molecule has 0 aliphatic carbocycles. The first kappa shape index (κ1) is 33.0. The van der Waals surface area contributed by atoms with Crippen LogP contribution in [0.5, 0.6) is 5.75 Å². The van der Waals surface area contributed by atoms with Crippen LogP contribution < -0.4 is 14.4 Å². The van der Waals surface area contributed by atoms with Gasteiger partial charge in [-0.05, 0) is 92.3 Å². The van der Waals surface area contributed by atoms with E-state index >= 15 is 0 Å². The summed E-state index contributed by atoms with van der Waals surface area (Å²) in [5, 5.41) is 3.32. The summed E-state index contributed by atoms with van der Waals surface area (Å²) < 4.78 is 46.0. The standard InChI is InChI=1S/C31H37BrN2O7S2/c1-31(2,3)41-25(35)20-40-27-26(32)28(42-29(27)30(36)39-4)22-11-8-12-24(19-22)34(23-13-16-33-17-14-23)43(37,38)18-15-21-9-6-5-7-10-21/h5-12,19,23,33H,13-18,20H2,1-4H3. The maximum Gasteiger partial charge on any atom is 0.351 e. The molecule has 0 radical (unpaired) electrons. The van der Waals surface area contributed by atoms with E-state index in [1.165, 1.54) is 7.11 Å². The second kappa shape index (κ2) is 14.2. The maximum absolute atomic E-state index is 13.9. The predicted octanol–water partition coefficient (Wildman–Crippen LogP) is 5.82. The molecule has 9 nitrogen and oxygen atoms in total. The van der Waals surface area contributed by atoms with Gasteiger partial charge in [-0.15, -0.1) is 11.3 Å². The van der Waals surface area contributed by atoms with Crippen LogP contribution in [0, 0.1) is 0 Å². The van der Waals surface area contributed by atoms with Crippen molar-refractivity contribution in [3.63, 3.8) is 0 Å². The molecule has 2 aromatic carbocycles. The Hall–Kier alpha value is -2.93. The molecule has 0 amide bonds. The Bertz CT molecular complexity index is 1530. The van der Waals surface area contributed by atoms with Gasteiger partial charge in [0.05, 0.1) is 27.9 Å². The first-order chi connectivity index (χ1) is 20.4. The number of rotatable bonds is 11. The number of hydrogen-bond acceptors (Lipinski definition) is 9. The van der Waals surface area contributed by atoms with E-state index in [1.807, 2.05) is 42.5 Å². The van der Waals surface area contributed by atoms with Crippen LogP contribution in [0.15, 0.2) is 59.1 Å². The molecule has 2 heterocycles. The number of nitrogens with zero attached hydrogens (tertiary/aromatic N) is 1. The zero-order valence-corrected chi connectivity index (χ0v) is 27.9. The molecule has 1 fully saturated rings. The van der Waals surface area contributed by atoms with E-state index in [1.54, 1.807) is 37.2 Å². The minimum Gasteiger partial charge on any atom is -0.479 e. The average Bonchev–Trinajstić information content (AvgIpc) is 3.31. The first-order valence-corrected chi connectivity index (χ1v) is 17.2. The second-order valence-electron chi connectivity index (χ2n) is 11.1. The normalized spacial score (nSPS) is 14.3. The van der Waals surface area contributed by atoms with Crippen LogP contribution >= 0.6 is 27.3 Å². The van der Waals surface area contributed by atoms with Crippen molar-refractivity contribution in [3.05, 3.63) is 69.5 Å². The van der Waals surface area contributed by atoms with Gasteiger partial charge >= 0.3 is 11.9 Å². The highest BCUT2D eigenvalue weighted by Gasteiger charge is 2.32. The number of hydrogen-bond donors (Lipinski definition) is 1. The van der Waals surface area contributed by atoms with Crippen LogP contribution in [0.4, 0.5) is 5.69 Å². The summed E-state index contributed by atoms with van der Waals surface area (Å²) in [5.74, 6) is -1.06. The van der Waals surface area contributed by atoms with Crippen LogP contribution in [0.2, 0.25) is 0 Å². The number of methoxy groups -OCH3 is 1. The van der Waals surface area contributed by atoms with E-state index < -0.39 is 34.2 Å². The smallest absolute Gasteiger partial charge is 0.351 e. The first-order valence-electron chi connectivity index (χ1n) is 14.0. The third-order valence-electron chi connectivity index (χ3n) is 6.73. The van der Waals surface area contributed by atoms with Gasteiger partial charge < -0.3 is 19.5 Å². The highest BCUT2D eigenvalue weighted by atomic mass is 79.9. The monoisotopic (exact) mass is 692 g/mol. The Morgan fingerprint density at radius 1 is 1.07 bits per heavy atom. The topological polar surface area (TPSA) is 111 Å². The lowest BCUT2D eigenvalue weighted by molar-refractivity contribution is -0.157. The molecule has 3 aromatic rings. The molecule has 0 spiro atoms. The van der Waals surface area contributed by atoms with E-state index in [9.17, 15) is 18.0 Å². The number of sulfonamides is 1. The van der Waals surface area contributed by atoms with Crippen LogP contribution in [0.25, 0.3) is 10.4 Å². The highest BCUT2D eigenvalue weighted by molar-refractivity contribution is 9.10. The zero-order chi connectivity index (χ0) is 31.2. The third kappa shape index (κ3) is 8.59. The average molecular weight is 694 g/mol. The number of thiophene rings is 1.